The van der Waals surface area contributed by atoms with Gasteiger partial charge < -0.3 is 10.4 Å². The van der Waals surface area contributed by atoms with Gasteiger partial charge in [0, 0.05) is 0 Å². The minimum absolute atomic E-state index is 0.460. The molecule has 72 valence electrons. The first kappa shape index (κ1) is 10.2. The van der Waals surface area contributed by atoms with Crippen molar-refractivity contribution in [2.24, 2.45) is 0 Å². The number of aliphatic carboxylic acids is 1. The van der Waals surface area contributed by atoms with Crippen molar-refractivity contribution in [3.05, 3.63) is 22.4 Å². The summed E-state index contributed by atoms with van der Waals surface area (Å²) in [5, 5.41) is 15.6. The fraction of sp³-hybridized carbons (Fsp3) is 0.444. The van der Waals surface area contributed by atoms with Gasteiger partial charge >= 0.3 is 5.97 Å². The molecule has 1 aromatic rings. The highest BCUT2D eigenvalue weighted by molar-refractivity contribution is 7.07. The van der Waals surface area contributed by atoms with Gasteiger partial charge in [0.2, 0.25) is 0 Å². The Morgan fingerprint density at radius 3 is 3.08 bits per heavy atom. The second-order valence-electron chi connectivity index (χ2n) is 2.90. The lowest BCUT2D eigenvalue weighted by atomic mass is 10.2. The first-order valence-electron chi connectivity index (χ1n) is 4.17. The van der Waals surface area contributed by atoms with Gasteiger partial charge in [-0.15, -0.1) is 0 Å². The normalized spacial score (nSPS) is 12.7. The van der Waals surface area contributed by atoms with E-state index in [1.54, 1.807) is 18.3 Å². The van der Waals surface area contributed by atoms with Crippen molar-refractivity contribution in [3.63, 3.8) is 0 Å². The first-order valence-corrected chi connectivity index (χ1v) is 5.11. The van der Waals surface area contributed by atoms with Crippen LogP contribution in [0.4, 0.5) is 0 Å². The average molecular weight is 199 g/mol. The summed E-state index contributed by atoms with van der Waals surface area (Å²) >= 11 is 1.66. The van der Waals surface area contributed by atoms with Crippen molar-refractivity contribution in [2.45, 2.75) is 19.4 Å². The molecule has 1 aromatic heterocycles. The smallest absolute Gasteiger partial charge is 0.320 e. The summed E-state index contributed by atoms with van der Waals surface area (Å²) < 4.78 is 0. The lowest BCUT2D eigenvalue weighted by Crippen LogP contribution is -2.34. The summed E-state index contributed by atoms with van der Waals surface area (Å²) in [5.41, 5.74) is 1.26. The summed E-state index contributed by atoms with van der Waals surface area (Å²) in [4.78, 5) is 10.4. The number of hydrogen-bond donors (Lipinski definition) is 2. The fourth-order valence-electron chi connectivity index (χ4n) is 0.955. The highest BCUT2D eigenvalue weighted by atomic mass is 32.1. The molecule has 1 heterocycles. The van der Waals surface area contributed by atoms with E-state index < -0.39 is 12.0 Å². The lowest BCUT2D eigenvalue weighted by Gasteiger charge is -2.07. The molecule has 1 atom stereocenters. The molecule has 4 heteroatoms. The number of nitrogens with one attached hydrogen (secondary N) is 1. The molecule has 0 aromatic carbocycles. The van der Waals surface area contributed by atoms with E-state index in [9.17, 15) is 4.79 Å². The van der Waals surface area contributed by atoms with E-state index in [-0.39, 0.29) is 0 Å². The standard InChI is InChI=1S/C9H13NO2S/c1-7(9(11)12)10-4-2-8-3-5-13-6-8/h3,5-7,10H,2,4H2,1H3,(H,11,12)/t7-/m1/s1. The molecule has 0 amide bonds. The molecule has 0 bridgehead atoms. The number of carboxylic acid groups (broad SMARTS) is 1. The Balaban J connectivity index is 2.18. The SMILES string of the molecule is C[C@@H](NCCc1ccsc1)C(=O)O. The van der Waals surface area contributed by atoms with E-state index >= 15 is 0 Å². The van der Waals surface area contributed by atoms with E-state index in [4.69, 9.17) is 5.11 Å². The number of rotatable bonds is 5. The van der Waals surface area contributed by atoms with Crippen LogP contribution in [0.3, 0.4) is 0 Å². The monoisotopic (exact) mass is 199 g/mol. The molecule has 0 saturated carbocycles. The third-order valence-electron chi connectivity index (χ3n) is 1.81. The van der Waals surface area contributed by atoms with E-state index in [0.29, 0.717) is 6.54 Å². The van der Waals surface area contributed by atoms with Crippen LogP contribution in [0.5, 0.6) is 0 Å². The third-order valence-corrected chi connectivity index (χ3v) is 2.55. The van der Waals surface area contributed by atoms with Crippen LogP contribution in [0.2, 0.25) is 0 Å². The van der Waals surface area contributed by atoms with Gasteiger partial charge in [-0.2, -0.15) is 11.3 Å². The maximum absolute atomic E-state index is 10.4. The van der Waals surface area contributed by atoms with Crippen LogP contribution in [0.1, 0.15) is 12.5 Å². The van der Waals surface area contributed by atoms with Gasteiger partial charge in [-0.25, -0.2) is 0 Å². The Hall–Kier alpha value is -0.870. The molecular weight excluding hydrogens is 186 g/mol. The Morgan fingerprint density at radius 2 is 2.54 bits per heavy atom. The topological polar surface area (TPSA) is 49.3 Å². The Labute approximate surface area is 81.4 Å². The molecular formula is C9H13NO2S. The predicted octanol–water partition coefficient (Wildman–Crippen LogP) is 1.35. The maximum atomic E-state index is 10.4. The van der Waals surface area contributed by atoms with E-state index in [1.165, 1.54) is 5.56 Å². The van der Waals surface area contributed by atoms with Gasteiger partial charge in [0.1, 0.15) is 6.04 Å². The molecule has 0 radical (unpaired) electrons. The molecule has 0 fully saturated rings. The Kier molecular flexibility index (Phi) is 3.92. The minimum atomic E-state index is -0.801. The summed E-state index contributed by atoms with van der Waals surface area (Å²) in [6.07, 6.45) is 0.890. The Morgan fingerprint density at radius 1 is 1.77 bits per heavy atom. The van der Waals surface area contributed by atoms with Crippen molar-refractivity contribution in [1.29, 1.82) is 0 Å². The highest BCUT2D eigenvalue weighted by Crippen LogP contribution is 2.05. The molecule has 0 unspecified atom stereocenters. The molecule has 13 heavy (non-hydrogen) atoms. The van der Waals surface area contributed by atoms with E-state index in [2.05, 4.69) is 16.8 Å². The molecule has 0 saturated heterocycles. The molecule has 0 spiro atoms. The summed E-state index contributed by atoms with van der Waals surface area (Å²) in [6.45, 7) is 2.36. The largest absolute Gasteiger partial charge is 0.480 e. The molecule has 1 rings (SSSR count). The van der Waals surface area contributed by atoms with Crippen molar-refractivity contribution in [3.8, 4) is 0 Å². The fourth-order valence-corrected chi connectivity index (χ4v) is 1.66. The molecule has 3 nitrogen and oxygen atoms in total. The van der Waals surface area contributed by atoms with E-state index in [0.717, 1.165) is 6.42 Å². The number of thiophene rings is 1. The zero-order valence-electron chi connectivity index (χ0n) is 7.49. The quantitative estimate of drug-likeness (QED) is 0.752. The Bertz CT molecular complexity index is 259. The maximum Gasteiger partial charge on any atom is 0.320 e. The van der Waals surface area contributed by atoms with Crippen molar-refractivity contribution in [2.75, 3.05) is 6.54 Å². The van der Waals surface area contributed by atoms with Gasteiger partial charge in [-0.1, -0.05) is 0 Å². The zero-order valence-corrected chi connectivity index (χ0v) is 8.30. The summed E-state index contributed by atoms with van der Waals surface area (Å²) in [5.74, 6) is -0.801. The average Bonchev–Trinajstić information content (AvgIpc) is 2.56. The zero-order chi connectivity index (χ0) is 9.68. The number of carboxylic acids is 1. The second kappa shape index (κ2) is 4.99. The second-order valence-corrected chi connectivity index (χ2v) is 3.68. The van der Waals surface area contributed by atoms with Gasteiger partial charge in [0.25, 0.3) is 0 Å². The highest BCUT2D eigenvalue weighted by Gasteiger charge is 2.08. The van der Waals surface area contributed by atoms with Crippen LogP contribution in [0.15, 0.2) is 16.8 Å². The van der Waals surface area contributed by atoms with E-state index in [1.807, 2.05) is 5.38 Å². The number of hydrogen-bond acceptors (Lipinski definition) is 3. The summed E-state index contributed by atoms with van der Waals surface area (Å²) in [6, 6.07) is 1.59. The van der Waals surface area contributed by atoms with Crippen molar-refractivity contribution < 1.29 is 9.90 Å². The predicted molar refractivity (Wildman–Crippen MR) is 53.1 cm³/mol. The third kappa shape index (κ3) is 3.57. The van der Waals surface area contributed by atoms with Gasteiger partial charge in [-0.3, -0.25) is 4.79 Å². The molecule has 0 aliphatic heterocycles. The lowest BCUT2D eigenvalue weighted by molar-refractivity contribution is -0.138. The van der Waals surface area contributed by atoms with Crippen LogP contribution < -0.4 is 5.32 Å². The van der Waals surface area contributed by atoms with Crippen molar-refractivity contribution >= 4 is 17.3 Å². The van der Waals surface area contributed by atoms with Crippen LogP contribution in [-0.4, -0.2) is 23.7 Å². The van der Waals surface area contributed by atoms with Crippen molar-refractivity contribution in [1.82, 2.24) is 5.32 Å². The van der Waals surface area contributed by atoms with Crippen LogP contribution in [0.25, 0.3) is 0 Å². The minimum Gasteiger partial charge on any atom is -0.480 e. The first-order chi connectivity index (χ1) is 6.20. The van der Waals surface area contributed by atoms with Crippen LogP contribution in [-0.2, 0) is 11.2 Å². The van der Waals surface area contributed by atoms with Gasteiger partial charge in [0.05, 0.1) is 0 Å². The van der Waals surface area contributed by atoms with Crippen LogP contribution in [0, 0.1) is 0 Å². The van der Waals surface area contributed by atoms with Crippen LogP contribution >= 0.6 is 11.3 Å². The molecule has 2 N–H and O–H groups in total. The molecule has 0 aliphatic rings. The summed E-state index contributed by atoms with van der Waals surface area (Å²) in [7, 11) is 0. The number of carbonyl (C=O) groups is 1. The molecule has 0 aliphatic carbocycles. The van der Waals surface area contributed by atoms with Gasteiger partial charge in [-0.05, 0) is 42.3 Å². The van der Waals surface area contributed by atoms with Gasteiger partial charge in [0.15, 0.2) is 0 Å².